The van der Waals surface area contributed by atoms with Gasteiger partial charge in [0.15, 0.2) is 5.82 Å². The fourth-order valence-corrected chi connectivity index (χ4v) is 2.39. The summed E-state index contributed by atoms with van der Waals surface area (Å²) < 4.78 is 44.6. The molecule has 1 aromatic heterocycles. The van der Waals surface area contributed by atoms with Crippen LogP contribution in [0.25, 0.3) is 0 Å². The number of nitrogens with one attached hydrogen (secondary N) is 2. The average Bonchev–Trinajstić information content (AvgIpc) is 2.63. The molecule has 0 saturated carbocycles. The molecule has 10 heteroatoms. The standard InChI is InChI=1S/C17H13ClF3N5O/c1-27-12-5-3-11(4-6-12)23-16-25-15(9-22-26-16)24-14-7-2-10(18)8-13(14)17(19,20)21/h2-9H,1H3,(H2,23,24,25,26). The van der Waals surface area contributed by atoms with E-state index < -0.39 is 11.7 Å². The molecule has 0 aliphatic heterocycles. The van der Waals surface area contributed by atoms with E-state index in [-0.39, 0.29) is 22.5 Å². The highest BCUT2D eigenvalue weighted by atomic mass is 35.5. The molecule has 0 aliphatic rings. The van der Waals surface area contributed by atoms with Crippen molar-refractivity contribution in [2.24, 2.45) is 0 Å². The van der Waals surface area contributed by atoms with Crippen LogP contribution in [0.3, 0.4) is 0 Å². The Morgan fingerprint density at radius 1 is 1.04 bits per heavy atom. The van der Waals surface area contributed by atoms with Gasteiger partial charge in [0.2, 0.25) is 5.95 Å². The molecule has 0 bridgehead atoms. The van der Waals surface area contributed by atoms with Gasteiger partial charge in [0.05, 0.1) is 24.6 Å². The van der Waals surface area contributed by atoms with Crippen molar-refractivity contribution in [2.45, 2.75) is 6.18 Å². The topological polar surface area (TPSA) is 72.0 Å². The number of hydrogen-bond donors (Lipinski definition) is 2. The first kappa shape index (κ1) is 18.7. The maximum atomic E-state index is 13.2. The van der Waals surface area contributed by atoms with Crippen LogP contribution in [0, 0.1) is 0 Å². The molecule has 0 radical (unpaired) electrons. The number of alkyl halides is 3. The maximum absolute atomic E-state index is 13.2. The summed E-state index contributed by atoms with van der Waals surface area (Å²) in [6.45, 7) is 0. The Morgan fingerprint density at radius 2 is 1.78 bits per heavy atom. The van der Waals surface area contributed by atoms with Gasteiger partial charge < -0.3 is 15.4 Å². The van der Waals surface area contributed by atoms with E-state index in [1.54, 1.807) is 31.4 Å². The highest BCUT2D eigenvalue weighted by molar-refractivity contribution is 6.30. The first-order chi connectivity index (χ1) is 12.8. The number of hydrogen-bond acceptors (Lipinski definition) is 6. The predicted molar refractivity (Wildman–Crippen MR) is 95.8 cm³/mol. The summed E-state index contributed by atoms with van der Waals surface area (Å²) >= 11 is 5.68. The van der Waals surface area contributed by atoms with E-state index >= 15 is 0 Å². The average molecular weight is 396 g/mol. The second-order valence-corrected chi connectivity index (χ2v) is 5.77. The largest absolute Gasteiger partial charge is 0.497 e. The van der Waals surface area contributed by atoms with Gasteiger partial charge in [0.25, 0.3) is 0 Å². The van der Waals surface area contributed by atoms with Crippen LogP contribution >= 0.6 is 11.6 Å². The van der Waals surface area contributed by atoms with Gasteiger partial charge >= 0.3 is 6.18 Å². The number of aromatic nitrogens is 3. The summed E-state index contributed by atoms with van der Waals surface area (Å²) in [5, 5.41) is 13.1. The molecular weight excluding hydrogens is 383 g/mol. The Hall–Kier alpha value is -3.07. The molecule has 0 saturated heterocycles. The summed E-state index contributed by atoms with van der Waals surface area (Å²) in [5.74, 6) is 0.888. The quantitative estimate of drug-likeness (QED) is 0.630. The zero-order valence-electron chi connectivity index (χ0n) is 13.9. The molecule has 2 N–H and O–H groups in total. The number of ether oxygens (including phenoxy) is 1. The van der Waals surface area contributed by atoms with Crippen molar-refractivity contribution in [3.05, 3.63) is 59.2 Å². The van der Waals surface area contributed by atoms with Crippen molar-refractivity contribution in [1.29, 1.82) is 0 Å². The lowest BCUT2D eigenvalue weighted by Gasteiger charge is -2.14. The Balaban J connectivity index is 1.82. The van der Waals surface area contributed by atoms with Gasteiger partial charge in [-0.2, -0.15) is 23.3 Å². The zero-order valence-corrected chi connectivity index (χ0v) is 14.6. The van der Waals surface area contributed by atoms with Crippen molar-refractivity contribution in [2.75, 3.05) is 17.7 Å². The Morgan fingerprint density at radius 3 is 2.44 bits per heavy atom. The molecule has 3 aromatic rings. The van der Waals surface area contributed by atoms with E-state index in [1.165, 1.54) is 18.3 Å². The second kappa shape index (κ2) is 7.67. The van der Waals surface area contributed by atoms with Crippen LogP contribution in [0.2, 0.25) is 5.02 Å². The molecule has 6 nitrogen and oxygen atoms in total. The minimum atomic E-state index is -4.57. The third kappa shape index (κ3) is 4.76. The van der Waals surface area contributed by atoms with Gasteiger partial charge in [-0.25, -0.2) is 0 Å². The summed E-state index contributed by atoms with van der Waals surface area (Å²) in [7, 11) is 1.55. The SMILES string of the molecule is COc1ccc(Nc2nncc(Nc3ccc(Cl)cc3C(F)(F)F)n2)cc1. The van der Waals surface area contributed by atoms with Gasteiger partial charge in [-0.15, -0.1) is 5.10 Å². The van der Waals surface area contributed by atoms with E-state index in [4.69, 9.17) is 16.3 Å². The van der Waals surface area contributed by atoms with Crippen molar-refractivity contribution in [1.82, 2.24) is 15.2 Å². The molecule has 0 atom stereocenters. The molecule has 27 heavy (non-hydrogen) atoms. The first-order valence-electron chi connectivity index (χ1n) is 7.60. The fourth-order valence-electron chi connectivity index (χ4n) is 2.22. The number of halogens is 4. The zero-order chi connectivity index (χ0) is 19.4. The minimum absolute atomic E-state index is 0.0180. The van der Waals surface area contributed by atoms with Crippen LogP contribution < -0.4 is 15.4 Å². The van der Waals surface area contributed by atoms with Gasteiger partial charge in [-0.3, -0.25) is 0 Å². The molecule has 2 aromatic carbocycles. The minimum Gasteiger partial charge on any atom is -0.497 e. The molecule has 140 valence electrons. The molecule has 0 fully saturated rings. The molecule has 0 amide bonds. The van der Waals surface area contributed by atoms with Crippen LogP contribution in [0.5, 0.6) is 5.75 Å². The van der Waals surface area contributed by atoms with Crippen LogP contribution in [0.4, 0.5) is 36.3 Å². The highest BCUT2D eigenvalue weighted by Crippen LogP contribution is 2.37. The summed E-state index contributed by atoms with van der Waals surface area (Å²) in [6.07, 6.45) is -3.36. The third-order valence-corrected chi connectivity index (χ3v) is 3.69. The van der Waals surface area contributed by atoms with E-state index in [2.05, 4.69) is 25.8 Å². The van der Waals surface area contributed by atoms with E-state index in [1.807, 2.05) is 0 Å². The van der Waals surface area contributed by atoms with Crippen LogP contribution in [0.15, 0.2) is 48.7 Å². The number of benzene rings is 2. The van der Waals surface area contributed by atoms with Crippen molar-refractivity contribution in [3.63, 3.8) is 0 Å². The lowest BCUT2D eigenvalue weighted by Crippen LogP contribution is -2.10. The highest BCUT2D eigenvalue weighted by Gasteiger charge is 2.34. The lowest BCUT2D eigenvalue weighted by molar-refractivity contribution is -0.136. The normalized spacial score (nSPS) is 11.1. The monoisotopic (exact) mass is 395 g/mol. The van der Waals surface area contributed by atoms with E-state index in [0.717, 1.165) is 6.07 Å². The second-order valence-electron chi connectivity index (χ2n) is 5.33. The van der Waals surface area contributed by atoms with Gasteiger partial charge in [0.1, 0.15) is 5.75 Å². The number of nitrogens with zero attached hydrogens (tertiary/aromatic N) is 3. The molecule has 0 unspecified atom stereocenters. The Labute approximate surface area is 157 Å². The molecule has 3 rings (SSSR count). The van der Waals surface area contributed by atoms with E-state index in [9.17, 15) is 13.2 Å². The number of methoxy groups -OCH3 is 1. The smallest absolute Gasteiger partial charge is 0.418 e. The van der Waals surface area contributed by atoms with E-state index in [0.29, 0.717) is 11.4 Å². The van der Waals surface area contributed by atoms with Crippen molar-refractivity contribution < 1.29 is 17.9 Å². The lowest BCUT2D eigenvalue weighted by atomic mass is 10.1. The van der Waals surface area contributed by atoms with Crippen LogP contribution in [-0.2, 0) is 6.18 Å². The maximum Gasteiger partial charge on any atom is 0.418 e. The molecule has 0 spiro atoms. The summed E-state index contributed by atoms with van der Waals surface area (Å²) in [5.41, 5.74) is -0.432. The van der Waals surface area contributed by atoms with Crippen LogP contribution in [-0.4, -0.2) is 22.3 Å². The number of anilines is 4. The molecule has 0 aliphatic carbocycles. The molecule has 1 heterocycles. The van der Waals surface area contributed by atoms with Crippen molar-refractivity contribution >= 4 is 34.7 Å². The van der Waals surface area contributed by atoms with Gasteiger partial charge in [0, 0.05) is 10.7 Å². The predicted octanol–water partition coefficient (Wildman–Crippen LogP) is 5.04. The molecular formula is C17H13ClF3N5O. The van der Waals surface area contributed by atoms with Gasteiger partial charge in [-0.1, -0.05) is 11.6 Å². The first-order valence-corrected chi connectivity index (χ1v) is 7.97. The van der Waals surface area contributed by atoms with Gasteiger partial charge in [-0.05, 0) is 42.5 Å². The summed E-state index contributed by atoms with van der Waals surface area (Å²) in [6, 6.07) is 10.4. The summed E-state index contributed by atoms with van der Waals surface area (Å²) in [4.78, 5) is 4.12. The van der Waals surface area contributed by atoms with Crippen molar-refractivity contribution in [3.8, 4) is 5.75 Å². The third-order valence-electron chi connectivity index (χ3n) is 3.45. The Bertz CT molecular complexity index is 935. The number of rotatable bonds is 5. The Kier molecular flexibility index (Phi) is 5.31. The fraction of sp³-hybridized carbons (Fsp3) is 0.118. The van der Waals surface area contributed by atoms with Crippen LogP contribution in [0.1, 0.15) is 5.56 Å².